The third-order valence-corrected chi connectivity index (χ3v) is 5.53. The Morgan fingerprint density at radius 1 is 1.07 bits per heavy atom. The van der Waals surface area contributed by atoms with Gasteiger partial charge in [0, 0.05) is 31.4 Å². The number of piperidine rings is 1. The van der Waals surface area contributed by atoms with Crippen LogP contribution in [-0.4, -0.2) is 33.8 Å². The van der Waals surface area contributed by atoms with Gasteiger partial charge in [-0.25, -0.2) is 13.9 Å². The van der Waals surface area contributed by atoms with Crippen molar-refractivity contribution < 1.29 is 9.18 Å². The van der Waals surface area contributed by atoms with Gasteiger partial charge in [0.1, 0.15) is 11.6 Å². The number of aryl methyl sites for hydroxylation is 1. The van der Waals surface area contributed by atoms with E-state index in [-0.39, 0.29) is 17.9 Å². The minimum absolute atomic E-state index is 0.206. The van der Waals surface area contributed by atoms with Crippen molar-refractivity contribution in [1.29, 1.82) is 0 Å². The van der Waals surface area contributed by atoms with Gasteiger partial charge in [-0.1, -0.05) is 30.3 Å². The zero-order valence-corrected chi connectivity index (χ0v) is 17.0. The van der Waals surface area contributed by atoms with Gasteiger partial charge in [0.05, 0.1) is 12.2 Å². The van der Waals surface area contributed by atoms with Crippen LogP contribution in [0.3, 0.4) is 0 Å². The highest BCUT2D eigenvalue weighted by Gasteiger charge is 2.23. The summed E-state index contributed by atoms with van der Waals surface area (Å²) in [4.78, 5) is 14.8. The van der Waals surface area contributed by atoms with Crippen molar-refractivity contribution in [3.63, 3.8) is 0 Å². The summed E-state index contributed by atoms with van der Waals surface area (Å²) in [5, 5.41) is 10.3. The van der Waals surface area contributed by atoms with Gasteiger partial charge >= 0.3 is 6.03 Å². The number of nitrogens with one attached hydrogen (secondary N) is 2. The summed E-state index contributed by atoms with van der Waals surface area (Å²) in [5.41, 5.74) is 2.91. The molecule has 1 fully saturated rings. The molecule has 1 saturated heterocycles. The first-order valence-corrected chi connectivity index (χ1v) is 10.2. The first-order valence-electron chi connectivity index (χ1n) is 10.2. The molecule has 0 saturated carbocycles. The molecule has 6 nitrogen and oxygen atoms in total. The van der Waals surface area contributed by atoms with E-state index in [0.717, 1.165) is 49.3 Å². The van der Waals surface area contributed by atoms with Crippen LogP contribution in [0.15, 0.2) is 60.8 Å². The lowest BCUT2D eigenvalue weighted by atomic mass is 10.0. The van der Waals surface area contributed by atoms with Gasteiger partial charge in [-0.3, -0.25) is 10.2 Å². The molecule has 2 heterocycles. The van der Waals surface area contributed by atoms with Gasteiger partial charge < -0.3 is 5.32 Å². The topological polar surface area (TPSA) is 62.2 Å². The number of rotatable bonds is 5. The minimum Gasteiger partial charge on any atom is -0.307 e. The standard InChI is InChI=1S/C23H26FN5O/c1-17-4-2-3-5-21(17)26-23(30)27-22-10-13-25-29(22)20-11-14-28(15-12-20)16-18-6-8-19(24)9-7-18/h2-10,13,20H,11-12,14-16H2,1H3,(H2,26,27,30). The van der Waals surface area contributed by atoms with Crippen molar-refractivity contribution in [3.05, 3.63) is 77.7 Å². The number of nitrogens with zero attached hydrogens (tertiary/aromatic N) is 3. The largest absolute Gasteiger partial charge is 0.324 e. The zero-order chi connectivity index (χ0) is 20.9. The number of carbonyl (C=O) groups excluding carboxylic acids is 1. The predicted octanol–water partition coefficient (Wildman–Crippen LogP) is 4.81. The lowest BCUT2D eigenvalue weighted by Crippen LogP contribution is -2.35. The minimum atomic E-state index is -0.278. The first-order chi connectivity index (χ1) is 14.6. The van der Waals surface area contributed by atoms with Crippen molar-refractivity contribution >= 4 is 17.5 Å². The van der Waals surface area contributed by atoms with Crippen LogP contribution in [0.5, 0.6) is 0 Å². The molecule has 2 N–H and O–H groups in total. The highest BCUT2D eigenvalue weighted by Crippen LogP contribution is 2.26. The van der Waals surface area contributed by atoms with Crippen molar-refractivity contribution in [2.75, 3.05) is 23.7 Å². The molecular formula is C23H26FN5O. The van der Waals surface area contributed by atoms with Gasteiger partial charge in [0.2, 0.25) is 0 Å². The maximum atomic E-state index is 13.1. The van der Waals surface area contributed by atoms with E-state index in [2.05, 4.69) is 20.6 Å². The van der Waals surface area contributed by atoms with Crippen LogP contribution in [0.1, 0.15) is 30.0 Å². The van der Waals surface area contributed by atoms with E-state index in [9.17, 15) is 9.18 Å². The van der Waals surface area contributed by atoms with Crippen LogP contribution >= 0.6 is 0 Å². The number of amides is 2. The van der Waals surface area contributed by atoms with Crippen LogP contribution < -0.4 is 10.6 Å². The van der Waals surface area contributed by atoms with Crippen LogP contribution in [0, 0.1) is 12.7 Å². The van der Waals surface area contributed by atoms with Crippen molar-refractivity contribution in [3.8, 4) is 0 Å². The molecule has 4 rings (SSSR count). The summed E-state index contributed by atoms with van der Waals surface area (Å²) in [6.07, 6.45) is 3.60. The summed E-state index contributed by atoms with van der Waals surface area (Å²) < 4.78 is 15.0. The third-order valence-electron chi connectivity index (χ3n) is 5.53. The molecule has 0 unspecified atom stereocenters. The second-order valence-electron chi connectivity index (χ2n) is 7.69. The van der Waals surface area contributed by atoms with Gasteiger partial charge in [0.25, 0.3) is 0 Å². The Hall–Kier alpha value is -3.19. The van der Waals surface area contributed by atoms with E-state index in [1.54, 1.807) is 6.20 Å². The van der Waals surface area contributed by atoms with Crippen LogP contribution in [0.2, 0.25) is 0 Å². The molecule has 0 aliphatic carbocycles. The highest BCUT2D eigenvalue weighted by atomic mass is 19.1. The van der Waals surface area contributed by atoms with E-state index in [1.807, 2.05) is 54.1 Å². The molecule has 3 aromatic rings. The maximum absolute atomic E-state index is 13.1. The van der Waals surface area contributed by atoms with E-state index in [4.69, 9.17) is 0 Å². The Labute approximate surface area is 175 Å². The van der Waals surface area contributed by atoms with Crippen molar-refractivity contribution in [1.82, 2.24) is 14.7 Å². The molecular weight excluding hydrogens is 381 g/mol. The fraction of sp³-hybridized carbons (Fsp3) is 0.304. The molecule has 0 radical (unpaired) electrons. The number of benzene rings is 2. The number of hydrogen-bond acceptors (Lipinski definition) is 3. The molecule has 1 aliphatic heterocycles. The smallest absolute Gasteiger partial charge is 0.307 e. The molecule has 2 amide bonds. The molecule has 7 heteroatoms. The molecule has 2 aromatic carbocycles. The number of halogens is 1. The Balaban J connectivity index is 1.33. The molecule has 1 aromatic heterocycles. The number of likely N-dealkylation sites (tertiary alicyclic amines) is 1. The fourth-order valence-electron chi connectivity index (χ4n) is 3.86. The van der Waals surface area contributed by atoms with E-state index >= 15 is 0 Å². The SMILES string of the molecule is Cc1ccccc1NC(=O)Nc1ccnn1C1CCN(Cc2ccc(F)cc2)CC1. The lowest BCUT2D eigenvalue weighted by Gasteiger charge is -2.32. The van der Waals surface area contributed by atoms with Crippen molar-refractivity contribution in [2.45, 2.75) is 32.4 Å². The Bertz CT molecular complexity index is 993. The number of para-hydroxylation sites is 1. The molecule has 1 aliphatic rings. The average molecular weight is 407 g/mol. The highest BCUT2D eigenvalue weighted by molar-refractivity contribution is 5.99. The maximum Gasteiger partial charge on any atom is 0.324 e. The number of aromatic nitrogens is 2. The fourth-order valence-corrected chi connectivity index (χ4v) is 3.86. The number of anilines is 2. The van der Waals surface area contributed by atoms with E-state index < -0.39 is 0 Å². The number of hydrogen-bond donors (Lipinski definition) is 2. The second kappa shape index (κ2) is 9.09. The van der Waals surface area contributed by atoms with Crippen LogP contribution in [-0.2, 0) is 6.54 Å². The quantitative estimate of drug-likeness (QED) is 0.638. The van der Waals surface area contributed by atoms with Crippen LogP contribution in [0.4, 0.5) is 20.7 Å². The number of carbonyl (C=O) groups is 1. The lowest BCUT2D eigenvalue weighted by molar-refractivity contribution is 0.174. The van der Waals surface area contributed by atoms with Gasteiger partial charge in [-0.15, -0.1) is 0 Å². The Kier molecular flexibility index (Phi) is 6.09. The summed E-state index contributed by atoms with van der Waals surface area (Å²) >= 11 is 0. The van der Waals surface area contributed by atoms with Gasteiger partial charge in [-0.2, -0.15) is 5.10 Å². The van der Waals surface area contributed by atoms with Gasteiger partial charge in [-0.05, 0) is 49.1 Å². The van der Waals surface area contributed by atoms with E-state index in [1.165, 1.54) is 12.1 Å². The Morgan fingerprint density at radius 2 is 1.80 bits per heavy atom. The van der Waals surface area contributed by atoms with Crippen LogP contribution in [0.25, 0.3) is 0 Å². The summed E-state index contributed by atoms with van der Waals surface area (Å²) in [5.74, 6) is 0.487. The summed E-state index contributed by atoms with van der Waals surface area (Å²) in [6.45, 7) is 4.63. The average Bonchev–Trinajstić information content (AvgIpc) is 3.20. The molecule has 0 spiro atoms. The molecule has 30 heavy (non-hydrogen) atoms. The predicted molar refractivity (Wildman–Crippen MR) is 116 cm³/mol. The third kappa shape index (κ3) is 4.86. The first kappa shape index (κ1) is 20.1. The Morgan fingerprint density at radius 3 is 2.53 bits per heavy atom. The monoisotopic (exact) mass is 407 g/mol. The number of urea groups is 1. The second-order valence-corrected chi connectivity index (χ2v) is 7.69. The van der Waals surface area contributed by atoms with Crippen molar-refractivity contribution in [2.24, 2.45) is 0 Å². The van der Waals surface area contributed by atoms with Gasteiger partial charge in [0.15, 0.2) is 0 Å². The zero-order valence-electron chi connectivity index (χ0n) is 17.0. The molecule has 0 atom stereocenters. The summed E-state index contributed by atoms with van der Waals surface area (Å²) in [6, 6.07) is 16.1. The normalized spacial score (nSPS) is 15.1. The molecule has 0 bridgehead atoms. The summed E-state index contributed by atoms with van der Waals surface area (Å²) in [7, 11) is 0. The van der Waals surface area contributed by atoms with E-state index in [0.29, 0.717) is 5.82 Å². The molecule has 156 valence electrons.